The molecule has 0 atom stereocenters. The summed E-state index contributed by atoms with van der Waals surface area (Å²) in [5, 5.41) is 4.47. The zero-order valence-corrected chi connectivity index (χ0v) is 14.7. The molecule has 2 aromatic heterocycles. The van der Waals surface area contributed by atoms with Gasteiger partial charge in [-0.3, -0.25) is 18.7 Å². The molecule has 0 aliphatic carbocycles. The standard InChI is InChI=1S/C17H15N3O5S/c1-2-19-16(22)15-11(5-6-26-15)20(17(19)23)8-14(21)18-10-3-4-12-13(7-10)25-9-24-12/h3-7H,2,8-9H2,1H3,(H,18,21). The summed E-state index contributed by atoms with van der Waals surface area (Å²) >= 11 is 1.26. The molecule has 1 aliphatic heterocycles. The van der Waals surface area contributed by atoms with Crippen molar-refractivity contribution in [3.8, 4) is 11.5 Å². The first-order valence-electron chi connectivity index (χ1n) is 7.99. The Bertz CT molecular complexity index is 1130. The normalized spacial score (nSPS) is 12.5. The van der Waals surface area contributed by atoms with Crippen LogP contribution >= 0.6 is 11.3 Å². The first-order valence-corrected chi connectivity index (χ1v) is 8.87. The highest BCUT2D eigenvalue weighted by Crippen LogP contribution is 2.34. The molecule has 1 N–H and O–H groups in total. The number of thiophene rings is 1. The largest absolute Gasteiger partial charge is 0.454 e. The number of carbonyl (C=O) groups is 1. The first kappa shape index (κ1) is 16.4. The number of ether oxygens (including phenoxy) is 2. The monoisotopic (exact) mass is 373 g/mol. The van der Waals surface area contributed by atoms with Gasteiger partial charge in [0, 0.05) is 18.3 Å². The van der Waals surface area contributed by atoms with Crippen LogP contribution in [0.15, 0.2) is 39.2 Å². The van der Waals surface area contributed by atoms with Crippen molar-refractivity contribution in [1.82, 2.24) is 9.13 Å². The first-order chi connectivity index (χ1) is 12.6. The van der Waals surface area contributed by atoms with E-state index in [2.05, 4.69) is 5.32 Å². The van der Waals surface area contributed by atoms with E-state index in [1.807, 2.05) is 0 Å². The summed E-state index contributed by atoms with van der Waals surface area (Å²) in [6, 6.07) is 6.74. The molecule has 8 nitrogen and oxygen atoms in total. The molecule has 3 aromatic rings. The number of hydrogen-bond donors (Lipinski definition) is 1. The van der Waals surface area contributed by atoms with Gasteiger partial charge in [-0.25, -0.2) is 4.79 Å². The average Bonchev–Trinajstić information content (AvgIpc) is 3.28. The van der Waals surface area contributed by atoms with E-state index in [9.17, 15) is 14.4 Å². The number of rotatable bonds is 4. The summed E-state index contributed by atoms with van der Waals surface area (Å²) in [5.74, 6) is 0.800. The number of nitrogens with one attached hydrogen (secondary N) is 1. The Kier molecular flexibility index (Phi) is 4.00. The van der Waals surface area contributed by atoms with Crippen LogP contribution in [0.2, 0.25) is 0 Å². The second-order valence-corrected chi connectivity index (χ2v) is 6.59. The van der Waals surface area contributed by atoms with Crippen molar-refractivity contribution in [2.24, 2.45) is 0 Å². The molecule has 1 amide bonds. The van der Waals surface area contributed by atoms with Gasteiger partial charge < -0.3 is 14.8 Å². The molecule has 134 valence electrons. The Hall–Kier alpha value is -3.07. The van der Waals surface area contributed by atoms with Crippen molar-refractivity contribution in [2.75, 3.05) is 12.1 Å². The maximum Gasteiger partial charge on any atom is 0.331 e. The lowest BCUT2D eigenvalue weighted by molar-refractivity contribution is -0.116. The van der Waals surface area contributed by atoms with Crippen molar-refractivity contribution in [3.05, 3.63) is 50.5 Å². The van der Waals surface area contributed by atoms with Gasteiger partial charge >= 0.3 is 5.69 Å². The van der Waals surface area contributed by atoms with Crippen molar-refractivity contribution >= 4 is 33.1 Å². The van der Waals surface area contributed by atoms with E-state index in [-0.39, 0.29) is 31.3 Å². The fraction of sp³-hybridized carbons (Fsp3) is 0.235. The highest BCUT2D eigenvalue weighted by Gasteiger charge is 2.17. The number of carbonyl (C=O) groups excluding carboxylic acids is 1. The van der Waals surface area contributed by atoms with Gasteiger partial charge in [0.05, 0.1) is 5.52 Å². The zero-order chi connectivity index (χ0) is 18.3. The summed E-state index contributed by atoms with van der Waals surface area (Å²) in [6.45, 7) is 1.92. The molecule has 0 unspecified atom stereocenters. The molecule has 0 radical (unpaired) electrons. The third-order valence-corrected chi connectivity index (χ3v) is 5.00. The summed E-state index contributed by atoms with van der Waals surface area (Å²) in [4.78, 5) is 37.4. The minimum absolute atomic E-state index is 0.150. The number of fused-ring (bicyclic) bond motifs is 2. The van der Waals surface area contributed by atoms with Crippen LogP contribution in [0.4, 0.5) is 5.69 Å². The van der Waals surface area contributed by atoms with Crippen molar-refractivity contribution in [3.63, 3.8) is 0 Å². The van der Waals surface area contributed by atoms with Crippen LogP contribution in [0.5, 0.6) is 11.5 Å². The van der Waals surface area contributed by atoms with E-state index in [4.69, 9.17) is 9.47 Å². The third kappa shape index (κ3) is 2.66. The van der Waals surface area contributed by atoms with Crippen molar-refractivity contribution < 1.29 is 14.3 Å². The molecule has 0 spiro atoms. The summed E-state index contributed by atoms with van der Waals surface area (Å²) in [6.07, 6.45) is 0. The second kappa shape index (κ2) is 6.34. The van der Waals surface area contributed by atoms with E-state index in [0.29, 0.717) is 27.4 Å². The highest BCUT2D eigenvalue weighted by molar-refractivity contribution is 7.17. The molecule has 0 saturated heterocycles. The number of nitrogens with zero attached hydrogens (tertiary/aromatic N) is 2. The van der Waals surface area contributed by atoms with Crippen LogP contribution in [0.25, 0.3) is 10.2 Å². The van der Waals surface area contributed by atoms with Gasteiger partial charge in [0.15, 0.2) is 11.5 Å². The number of amides is 1. The molecule has 9 heteroatoms. The van der Waals surface area contributed by atoms with Gasteiger partial charge in [-0.15, -0.1) is 11.3 Å². The average molecular weight is 373 g/mol. The Morgan fingerprint density at radius 2 is 2.00 bits per heavy atom. The van der Waals surface area contributed by atoms with Crippen LogP contribution in [-0.4, -0.2) is 21.8 Å². The molecule has 1 aliphatic rings. The van der Waals surface area contributed by atoms with Gasteiger partial charge in [0.1, 0.15) is 11.2 Å². The lowest BCUT2D eigenvalue weighted by Gasteiger charge is -2.11. The lowest BCUT2D eigenvalue weighted by atomic mass is 10.2. The Balaban J connectivity index is 1.65. The number of benzene rings is 1. The van der Waals surface area contributed by atoms with Crippen LogP contribution in [-0.2, 0) is 17.9 Å². The number of aromatic nitrogens is 2. The molecule has 3 heterocycles. The fourth-order valence-corrected chi connectivity index (χ4v) is 3.73. The lowest BCUT2D eigenvalue weighted by Crippen LogP contribution is -2.40. The smallest absolute Gasteiger partial charge is 0.331 e. The topological polar surface area (TPSA) is 91.6 Å². The Morgan fingerprint density at radius 3 is 2.81 bits per heavy atom. The maximum absolute atomic E-state index is 12.6. The molecule has 0 fully saturated rings. The minimum Gasteiger partial charge on any atom is -0.454 e. The fourth-order valence-electron chi connectivity index (χ4n) is 2.88. The highest BCUT2D eigenvalue weighted by atomic mass is 32.1. The zero-order valence-electron chi connectivity index (χ0n) is 13.9. The van der Waals surface area contributed by atoms with Crippen molar-refractivity contribution in [2.45, 2.75) is 20.0 Å². The summed E-state index contributed by atoms with van der Waals surface area (Å²) in [5.41, 5.74) is 0.187. The van der Waals surface area contributed by atoms with Gasteiger partial charge in [0.25, 0.3) is 5.56 Å². The van der Waals surface area contributed by atoms with Gasteiger partial charge in [-0.1, -0.05) is 0 Å². The molecule has 1 aromatic carbocycles. The van der Waals surface area contributed by atoms with E-state index < -0.39 is 5.69 Å². The molecule has 4 rings (SSSR count). The van der Waals surface area contributed by atoms with Crippen LogP contribution in [0.1, 0.15) is 6.92 Å². The van der Waals surface area contributed by atoms with Gasteiger partial charge in [0.2, 0.25) is 12.7 Å². The summed E-state index contributed by atoms with van der Waals surface area (Å²) < 4.78 is 13.4. The molecular formula is C17H15N3O5S. The molecule has 0 bridgehead atoms. The van der Waals surface area contributed by atoms with E-state index >= 15 is 0 Å². The Labute approximate surface area is 151 Å². The number of anilines is 1. The van der Waals surface area contributed by atoms with Gasteiger partial charge in [-0.05, 0) is 30.5 Å². The predicted molar refractivity (Wildman–Crippen MR) is 97.2 cm³/mol. The Morgan fingerprint density at radius 1 is 1.19 bits per heavy atom. The minimum atomic E-state index is -0.496. The van der Waals surface area contributed by atoms with Gasteiger partial charge in [-0.2, -0.15) is 0 Å². The van der Waals surface area contributed by atoms with Crippen LogP contribution < -0.4 is 26.0 Å². The molecule has 0 saturated carbocycles. The number of hydrogen-bond acceptors (Lipinski definition) is 6. The van der Waals surface area contributed by atoms with Crippen molar-refractivity contribution in [1.29, 1.82) is 0 Å². The van der Waals surface area contributed by atoms with E-state index in [0.717, 1.165) is 4.57 Å². The molecular weight excluding hydrogens is 358 g/mol. The third-order valence-electron chi connectivity index (χ3n) is 4.11. The quantitative estimate of drug-likeness (QED) is 0.750. The second-order valence-electron chi connectivity index (χ2n) is 5.67. The SMILES string of the molecule is CCn1c(=O)c2sccc2n(CC(=O)Nc2ccc3c(c2)OCO3)c1=O. The van der Waals surface area contributed by atoms with Crippen LogP contribution in [0.3, 0.4) is 0 Å². The predicted octanol–water partition coefficient (Wildman–Crippen LogP) is 1.61. The van der Waals surface area contributed by atoms with Crippen LogP contribution in [0, 0.1) is 0 Å². The maximum atomic E-state index is 12.6. The molecule has 26 heavy (non-hydrogen) atoms. The summed E-state index contributed by atoms with van der Waals surface area (Å²) in [7, 11) is 0. The van der Waals surface area contributed by atoms with E-state index in [1.165, 1.54) is 15.9 Å². The van der Waals surface area contributed by atoms with E-state index in [1.54, 1.807) is 36.6 Å².